The van der Waals surface area contributed by atoms with E-state index in [0.717, 1.165) is 6.07 Å². The number of alkyl halides is 2. The van der Waals surface area contributed by atoms with Crippen LogP contribution < -0.4 is 0 Å². The van der Waals surface area contributed by atoms with Crippen molar-refractivity contribution >= 4 is 28.6 Å². The highest BCUT2D eigenvalue weighted by Gasteiger charge is 2.18. The van der Waals surface area contributed by atoms with E-state index in [0.29, 0.717) is 3.57 Å². The zero-order valence-corrected chi connectivity index (χ0v) is 11.7. The Balaban J connectivity index is 3.14. The Morgan fingerprint density at radius 2 is 2.22 bits per heavy atom. The van der Waals surface area contributed by atoms with Gasteiger partial charge in [0, 0.05) is 9.13 Å². The van der Waals surface area contributed by atoms with E-state index in [-0.39, 0.29) is 29.7 Å². The van der Waals surface area contributed by atoms with Crippen molar-refractivity contribution in [3.63, 3.8) is 0 Å². The molecule has 0 fully saturated rings. The molecule has 1 aromatic carbocycles. The molecule has 96 valence electrons. The minimum Gasteiger partial charge on any atom is -0.466 e. The van der Waals surface area contributed by atoms with Crippen LogP contribution in [0.25, 0.3) is 0 Å². The van der Waals surface area contributed by atoms with Crippen LogP contribution in [0.3, 0.4) is 0 Å². The topological polar surface area (TPSA) is 50.1 Å². The number of rotatable bonds is 4. The molecule has 0 radical (unpaired) electrons. The monoisotopic (exact) mass is 365 g/mol. The maximum absolute atomic E-state index is 12.8. The molecule has 0 unspecified atom stereocenters. The fourth-order valence-electron chi connectivity index (χ4n) is 1.44. The summed E-state index contributed by atoms with van der Waals surface area (Å²) in [4.78, 5) is 11.3. The lowest BCUT2D eigenvalue weighted by Crippen LogP contribution is -2.10. The van der Waals surface area contributed by atoms with Crippen molar-refractivity contribution in [2.75, 3.05) is 6.61 Å². The molecule has 0 saturated heterocycles. The van der Waals surface area contributed by atoms with Gasteiger partial charge in [-0.15, -0.1) is 0 Å². The van der Waals surface area contributed by atoms with Gasteiger partial charge in [-0.1, -0.05) is 0 Å². The third-order valence-electron chi connectivity index (χ3n) is 2.22. The Labute approximate surface area is 117 Å². The highest BCUT2D eigenvalue weighted by atomic mass is 127. The van der Waals surface area contributed by atoms with Crippen molar-refractivity contribution in [3.8, 4) is 6.07 Å². The molecule has 1 aromatic rings. The molecule has 0 saturated carbocycles. The summed E-state index contributed by atoms with van der Waals surface area (Å²) in [5.41, 5.74) is 0.0883. The first-order valence-electron chi connectivity index (χ1n) is 5.15. The van der Waals surface area contributed by atoms with Crippen molar-refractivity contribution in [3.05, 3.63) is 32.4 Å². The standard InChI is InChI=1S/C12H10F2INO2/c1-2-18-11(17)5-7-4-10(15)8(6-16)3-9(7)12(13)14/h3-4,12H,2,5H2,1H3. The van der Waals surface area contributed by atoms with Crippen LogP contribution in [0.5, 0.6) is 0 Å². The summed E-state index contributed by atoms with van der Waals surface area (Å²) >= 11 is 1.87. The minimum absolute atomic E-state index is 0.179. The highest BCUT2D eigenvalue weighted by molar-refractivity contribution is 14.1. The maximum Gasteiger partial charge on any atom is 0.310 e. The number of benzene rings is 1. The Bertz CT molecular complexity index is 498. The van der Waals surface area contributed by atoms with Crippen LogP contribution in [0.1, 0.15) is 30.0 Å². The Morgan fingerprint density at radius 1 is 1.56 bits per heavy atom. The molecule has 6 heteroatoms. The van der Waals surface area contributed by atoms with E-state index in [2.05, 4.69) is 0 Å². The summed E-state index contributed by atoms with van der Waals surface area (Å²) in [6.07, 6.45) is -2.94. The number of halogens is 3. The van der Waals surface area contributed by atoms with Crippen LogP contribution in [0.15, 0.2) is 12.1 Å². The zero-order chi connectivity index (χ0) is 13.7. The van der Waals surface area contributed by atoms with Gasteiger partial charge in [-0.2, -0.15) is 5.26 Å². The van der Waals surface area contributed by atoms with Gasteiger partial charge in [0.1, 0.15) is 6.07 Å². The lowest BCUT2D eigenvalue weighted by molar-refractivity contribution is -0.142. The van der Waals surface area contributed by atoms with Gasteiger partial charge in [-0.05, 0) is 47.2 Å². The summed E-state index contributed by atoms with van der Waals surface area (Å²) in [7, 11) is 0. The minimum atomic E-state index is -2.72. The molecule has 18 heavy (non-hydrogen) atoms. The van der Waals surface area contributed by atoms with Crippen molar-refractivity contribution in [1.82, 2.24) is 0 Å². The van der Waals surface area contributed by atoms with Crippen LogP contribution in [0, 0.1) is 14.9 Å². The fourth-order valence-corrected chi connectivity index (χ4v) is 2.09. The third kappa shape index (κ3) is 3.63. The first kappa shape index (κ1) is 14.8. The van der Waals surface area contributed by atoms with Gasteiger partial charge in [0.2, 0.25) is 0 Å². The number of hydrogen-bond acceptors (Lipinski definition) is 3. The van der Waals surface area contributed by atoms with E-state index in [1.165, 1.54) is 6.07 Å². The van der Waals surface area contributed by atoms with Gasteiger partial charge in [0.15, 0.2) is 0 Å². The SMILES string of the molecule is CCOC(=O)Cc1cc(I)c(C#N)cc1C(F)F. The second-order valence-corrected chi connectivity index (χ2v) is 4.59. The van der Waals surface area contributed by atoms with Gasteiger partial charge in [-0.3, -0.25) is 4.79 Å². The maximum atomic E-state index is 12.8. The van der Waals surface area contributed by atoms with Crippen molar-refractivity contribution in [1.29, 1.82) is 5.26 Å². The van der Waals surface area contributed by atoms with Crippen LogP contribution >= 0.6 is 22.6 Å². The van der Waals surface area contributed by atoms with E-state index in [1.807, 2.05) is 28.7 Å². The van der Waals surface area contributed by atoms with E-state index < -0.39 is 12.4 Å². The Morgan fingerprint density at radius 3 is 2.72 bits per heavy atom. The predicted molar refractivity (Wildman–Crippen MR) is 69.2 cm³/mol. The normalized spacial score (nSPS) is 10.2. The molecule has 0 aromatic heterocycles. The molecule has 3 nitrogen and oxygen atoms in total. The third-order valence-corrected chi connectivity index (χ3v) is 3.12. The second kappa shape index (κ2) is 6.64. The Hall–Kier alpha value is -1.23. The summed E-state index contributed by atoms with van der Waals surface area (Å²) in [6, 6.07) is 4.39. The summed E-state index contributed by atoms with van der Waals surface area (Å²) in [5.74, 6) is -0.556. The number of carbonyl (C=O) groups excluding carboxylic acids is 1. The van der Waals surface area contributed by atoms with Crippen molar-refractivity contribution in [2.24, 2.45) is 0 Å². The second-order valence-electron chi connectivity index (χ2n) is 3.43. The molecular formula is C12H10F2INO2. The lowest BCUT2D eigenvalue weighted by Gasteiger charge is -2.10. The van der Waals surface area contributed by atoms with Crippen LogP contribution in [0.2, 0.25) is 0 Å². The van der Waals surface area contributed by atoms with E-state index in [9.17, 15) is 13.6 Å². The number of nitrogens with zero attached hydrogens (tertiary/aromatic N) is 1. The van der Waals surface area contributed by atoms with Gasteiger partial charge in [0.25, 0.3) is 6.43 Å². The van der Waals surface area contributed by atoms with Crippen LogP contribution in [-0.2, 0) is 16.0 Å². The smallest absolute Gasteiger partial charge is 0.310 e. The van der Waals surface area contributed by atoms with Crippen LogP contribution in [0.4, 0.5) is 8.78 Å². The van der Waals surface area contributed by atoms with Gasteiger partial charge in [-0.25, -0.2) is 8.78 Å². The molecule has 0 aliphatic rings. The molecule has 0 amide bonds. The number of hydrogen-bond donors (Lipinski definition) is 0. The summed E-state index contributed by atoms with van der Waals surface area (Å²) in [6.45, 7) is 1.85. The van der Waals surface area contributed by atoms with Gasteiger partial charge >= 0.3 is 5.97 Å². The largest absolute Gasteiger partial charge is 0.466 e. The van der Waals surface area contributed by atoms with Gasteiger partial charge in [0.05, 0.1) is 18.6 Å². The number of ether oxygens (including phenoxy) is 1. The Kier molecular flexibility index (Phi) is 5.47. The summed E-state index contributed by atoms with van der Waals surface area (Å²) in [5, 5.41) is 8.79. The zero-order valence-electron chi connectivity index (χ0n) is 9.54. The fraction of sp³-hybridized carbons (Fsp3) is 0.333. The number of nitriles is 1. The molecule has 1 rings (SSSR count). The number of carbonyl (C=O) groups is 1. The average molecular weight is 365 g/mol. The molecule has 0 bridgehead atoms. The van der Waals surface area contributed by atoms with Crippen LogP contribution in [-0.4, -0.2) is 12.6 Å². The van der Waals surface area contributed by atoms with Gasteiger partial charge < -0.3 is 4.74 Å². The molecule has 0 N–H and O–H groups in total. The highest BCUT2D eigenvalue weighted by Crippen LogP contribution is 2.27. The molecule has 0 atom stereocenters. The van der Waals surface area contributed by atoms with E-state index >= 15 is 0 Å². The molecule has 0 aliphatic carbocycles. The van der Waals surface area contributed by atoms with Crippen molar-refractivity contribution in [2.45, 2.75) is 19.8 Å². The van der Waals surface area contributed by atoms with E-state index in [1.54, 1.807) is 6.92 Å². The first-order chi connectivity index (χ1) is 8.49. The summed E-state index contributed by atoms with van der Waals surface area (Å²) < 4.78 is 31.0. The quantitative estimate of drug-likeness (QED) is 0.608. The lowest BCUT2D eigenvalue weighted by atomic mass is 10.0. The van der Waals surface area contributed by atoms with E-state index in [4.69, 9.17) is 10.00 Å². The molecule has 0 heterocycles. The first-order valence-corrected chi connectivity index (χ1v) is 6.23. The molecule has 0 aliphatic heterocycles. The average Bonchev–Trinajstić information content (AvgIpc) is 2.29. The molecule has 0 spiro atoms. The molecular weight excluding hydrogens is 355 g/mol. The number of esters is 1. The van der Waals surface area contributed by atoms with Crippen molar-refractivity contribution < 1.29 is 18.3 Å². The predicted octanol–water partition coefficient (Wildman–Crippen LogP) is 3.21.